The highest BCUT2D eigenvalue weighted by Crippen LogP contribution is 1.79. The quantitative estimate of drug-likeness (QED) is 0.538. The molecule has 0 aliphatic heterocycles. The predicted molar refractivity (Wildman–Crippen MR) is 32.5 cm³/mol. The van der Waals surface area contributed by atoms with Crippen molar-refractivity contribution < 1.29 is 4.43 Å². The van der Waals surface area contributed by atoms with E-state index in [2.05, 4.69) is 13.1 Å². The van der Waals surface area contributed by atoms with Gasteiger partial charge in [-0.15, -0.1) is 0 Å². The minimum Gasteiger partial charge on any atom is -0.416 e. The van der Waals surface area contributed by atoms with Crippen molar-refractivity contribution in [2.45, 2.75) is 13.1 Å². The Morgan fingerprint density at radius 2 is 2.14 bits per heavy atom. The zero-order valence-electron chi connectivity index (χ0n) is 4.90. The van der Waals surface area contributed by atoms with E-state index in [4.69, 9.17) is 10.2 Å². The van der Waals surface area contributed by atoms with E-state index in [1.165, 1.54) is 0 Å². The van der Waals surface area contributed by atoms with E-state index in [1.54, 1.807) is 0 Å². The van der Waals surface area contributed by atoms with Crippen LogP contribution in [0, 0.1) is 0 Å². The van der Waals surface area contributed by atoms with Crippen LogP contribution in [0.3, 0.4) is 0 Å². The van der Waals surface area contributed by atoms with Crippen molar-refractivity contribution in [1.29, 1.82) is 0 Å². The SMILES string of the molecule is C[Si](C)OCCN. The van der Waals surface area contributed by atoms with Gasteiger partial charge in [-0.25, -0.2) is 0 Å². The zero-order valence-corrected chi connectivity index (χ0v) is 5.90. The van der Waals surface area contributed by atoms with Crippen molar-refractivity contribution in [2.24, 2.45) is 5.73 Å². The molecule has 3 heteroatoms. The Kier molecular flexibility index (Phi) is 4.38. The summed E-state index contributed by atoms with van der Waals surface area (Å²) in [6, 6.07) is 0. The van der Waals surface area contributed by atoms with Gasteiger partial charge >= 0.3 is 0 Å². The van der Waals surface area contributed by atoms with Crippen molar-refractivity contribution in [1.82, 2.24) is 0 Å². The first-order valence-corrected chi connectivity index (χ1v) is 4.81. The van der Waals surface area contributed by atoms with Gasteiger partial charge < -0.3 is 10.2 Å². The molecule has 0 spiro atoms. The first-order chi connectivity index (χ1) is 3.27. The van der Waals surface area contributed by atoms with Crippen LogP contribution in [-0.2, 0) is 4.43 Å². The molecule has 0 fully saturated rings. The van der Waals surface area contributed by atoms with Gasteiger partial charge in [0.2, 0.25) is 9.04 Å². The summed E-state index contributed by atoms with van der Waals surface area (Å²) in [7, 11) is -0.477. The van der Waals surface area contributed by atoms with Gasteiger partial charge in [0.1, 0.15) is 0 Å². The van der Waals surface area contributed by atoms with Gasteiger partial charge in [-0.3, -0.25) is 0 Å². The number of hydrogen-bond donors (Lipinski definition) is 1. The van der Waals surface area contributed by atoms with E-state index in [0.29, 0.717) is 6.54 Å². The average molecular weight is 118 g/mol. The van der Waals surface area contributed by atoms with Crippen LogP contribution in [0.25, 0.3) is 0 Å². The maximum atomic E-state index is 5.17. The Bertz CT molecular complexity index is 40.7. The molecule has 0 amide bonds. The van der Waals surface area contributed by atoms with E-state index < -0.39 is 9.04 Å². The van der Waals surface area contributed by atoms with Crippen LogP contribution < -0.4 is 5.73 Å². The van der Waals surface area contributed by atoms with E-state index in [-0.39, 0.29) is 0 Å². The lowest BCUT2D eigenvalue weighted by Gasteiger charge is -2.00. The van der Waals surface area contributed by atoms with Gasteiger partial charge in [0, 0.05) is 13.2 Å². The second kappa shape index (κ2) is 4.30. The van der Waals surface area contributed by atoms with Crippen LogP contribution in [0.15, 0.2) is 0 Å². The summed E-state index contributed by atoms with van der Waals surface area (Å²) in [5, 5.41) is 0. The lowest BCUT2D eigenvalue weighted by atomic mass is 10.8. The third kappa shape index (κ3) is 6.14. The summed E-state index contributed by atoms with van der Waals surface area (Å²) in [6.45, 7) is 5.57. The van der Waals surface area contributed by atoms with Crippen molar-refractivity contribution in [2.75, 3.05) is 13.2 Å². The first-order valence-electron chi connectivity index (χ1n) is 2.40. The first kappa shape index (κ1) is 7.14. The fourth-order valence-electron chi connectivity index (χ4n) is 0.263. The minimum atomic E-state index is -0.477. The van der Waals surface area contributed by atoms with Crippen LogP contribution in [0.5, 0.6) is 0 Å². The van der Waals surface area contributed by atoms with Crippen molar-refractivity contribution in [3.8, 4) is 0 Å². The van der Waals surface area contributed by atoms with Crippen molar-refractivity contribution >= 4 is 9.04 Å². The van der Waals surface area contributed by atoms with Gasteiger partial charge in [0.15, 0.2) is 0 Å². The monoisotopic (exact) mass is 118 g/mol. The maximum absolute atomic E-state index is 5.17. The molecule has 2 N–H and O–H groups in total. The molecule has 0 aliphatic rings. The van der Waals surface area contributed by atoms with Gasteiger partial charge in [0.25, 0.3) is 0 Å². The topological polar surface area (TPSA) is 35.2 Å². The largest absolute Gasteiger partial charge is 0.416 e. The lowest BCUT2D eigenvalue weighted by molar-refractivity contribution is 0.337. The maximum Gasteiger partial charge on any atom is 0.204 e. The molecule has 0 saturated heterocycles. The third-order valence-corrected chi connectivity index (χ3v) is 1.29. The predicted octanol–water partition coefficient (Wildman–Crippen LogP) is 0.213. The van der Waals surface area contributed by atoms with Gasteiger partial charge in [-0.05, 0) is 13.1 Å². The second-order valence-corrected chi connectivity index (χ2v) is 3.65. The standard InChI is InChI=1S/C4H12NOSi/c1-7(2)6-4-3-5/h3-5H2,1-2H3. The van der Waals surface area contributed by atoms with Crippen LogP contribution in [-0.4, -0.2) is 22.2 Å². The molecule has 0 saturated carbocycles. The van der Waals surface area contributed by atoms with Crippen LogP contribution >= 0.6 is 0 Å². The third-order valence-electron chi connectivity index (χ3n) is 0.509. The molecule has 7 heavy (non-hydrogen) atoms. The van der Waals surface area contributed by atoms with E-state index in [1.807, 2.05) is 0 Å². The van der Waals surface area contributed by atoms with Gasteiger partial charge in [-0.1, -0.05) is 0 Å². The fourth-order valence-corrected chi connectivity index (χ4v) is 0.789. The highest BCUT2D eigenvalue weighted by atomic mass is 28.3. The summed E-state index contributed by atoms with van der Waals surface area (Å²) in [5.74, 6) is 0. The zero-order chi connectivity index (χ0) is 5.70. The highest BCUT2D eigenvalue weighted by Gasteiger charge is 1.91. The summed E-state index contributed by atoms with van der Waals surface area (Å²) in [4.78, 5) is 0. The Morgan fingerprint density at radius 1 is 1.57 bits per heavy atom. The molecule has 0 aliphatic carbocycles. The molecular weight excluding hydrogens is 106 g/mol. The minimum absolute atomic E-state index is 0.477. The number of nitrogens with two attached hydrogens (primary N) is 1. The summed E-state index contributed by atoms with van der Waals surface area (Å²) in [6.07, 6.45) is 0. The number of rotatable bonds is 3. The molecule has 0 heterocycles. The lowest BCUT2D eigenvalue weighted by Crippen LogP contribution is -2.15. The number of hydrogen-bond acceptors (Lipinski definition) is 2. The smallest absolute Gasteiger partial charge is 0.204 e. The van der Waals surface area contributed by atoms with Crippen LogP contribution in [0.4, 0.5) is 0 Å². The molecule has 0 bridgehead atoms. The van der Waals surface area contributed by atoms with Crippen LogP contribution in [0.1, 0.15) is 0 Å². The summed E-state index contributed by atoms with van der Waals surface area (Å²) < 4.78 is 5.17. The van der Waals surface area contributed by atoms with Gasteiger partial charge in [-0.2, -0.15) is 0 Å². The Morgan fingerprint density at radius 3 is 2.29 bits per heavy atom. The summed E-state index contributed by atoms with van der Waals surface area (Å²) in [5.41, 5.74) is 5.17. The molecule has 0 aromatic carbocycles. The molecule has 0 unspecified atom stereocenters. The Labute approximate surface area is 46.4 Å². The normalized spacial score (nSPS) is 10.3. The molecular formula is C4H12NOSi. The van der Waals surface area contributed by atoms with Crippen molar-refractivity contribution in [3.63, 3.8) is 0 Å². The molecule has 0 rings (SSSR count). The molecule has 2 nitrogen and oxygen atoms in total. The highest BCUT2D eigenvalue weighted by molar-refractivity contribution is 6.48. The molecule has 0 aromatic rings. The van der Waals surface area contributed by atoms with E-state index >= 15 is 0 Å². The average Bonchev–Trinajstić information content (AvgIpc) is 1.61. The molecule has 43 valence electrons. The van der Waals surface area contributed by atoms with Gasteiger partial charge in [0.05, 0.1) is 0 Å². The Balaban J connectivity index is 2.68. The Hall–Kier alpha value is 0.137. The molecule has 0 aromatic heterocycles. The van der Waals surface area contributed by atoms with E-state index in [9.17, 15) is 0 Å². The van der Waals surface area contributed by atoms with Crippen molar-refractivity contribution in [3.05, 3.63) is 0 Å². The fraction of sp³-hybridized carbons (Fsp3) is 1.00. The van der Waals surface area contributed by atoms with E-state index in [0.717, 1.165) is 6.61 Å². The molecule has 0 atom stereocenters. The molecule has 1 radical (unpaired) electrons. The summed E-state index contributed by atoms with van der Waals surface area (Å²) >= 11 is 0. The van der Waals surface area contributed by atoms with Crippen LogP contribution in [0.2, 0.25) is 13.1 Å². The second-order valence-electron chi connectivity index (χ2n) is 1.55.